The van der Waals surface area contributed by atoms with Gasteiger partial charge in [0.2, 0.25) is 0 Å². The summed E-state index contributed by atoms with van der Waals surface area (Å²) in [7, 11) is 0. The number of benzene rings is 3. The van der Waals surface area contributed by atoms with Crippen LogP contribution >= 0.6 is 0 Å². The van der Waals surface area contributed by atoms with E-state index in [9.17, 15) is 14.4 Å². The lowest BCUT2D eigenvalue weighted by Gasteiger charge is -2.10. The van der Waals surface area contributed by atoms with Gasteiger partial charge in [0.15, 0.2) is 6.61 Å². The number of nitrogens with zero attached hydrogens (tertiary/aromatic N) is 1. The van der Waals surface area contributed by atoms with Gasteiger partial charge in [-0.1, -0.05) is 49.4 Å². The zero-order valence-electron chi connectivity index (χ0n) is 19.9. The topological polar surface area (TPSA) is 109 Å². The zero-order valence-corrected chi connectivity index (χ0v) is 19.9. The van der Waals surface area contributed by atoms with Crippen LogP contribution in [0, 0.1) is 13.8 Å². The van der Waals surface area contributed by atoms with Gasteiger partial charge >= 0.3 is 11.8 Å². The Bertz CT molecular complexity index is 1220. The molecule has 3 aromatic rings. The van der Waals surface area contributed by atoms with Gasteiger partial charge in [0.05, 0.1) is 6.21 Å². The number of rotatable bonds is 8. The van der Waals surface area contributed by atoms with Crippen LogP contribution in [-0.2, 0) is 20.8 Å². The number of carbonyl (C=O) groups excluding carboxylic acids is 3. The standard InChI is InChI=1S/C27H28N4O4/c1-4-20-11-13-22(14-12-20)29-24(32)17-35-23-10-6-9-21(15-23)16-28-31-27(34)26(33)30-25-18(2)7-5-8-19(25)3/h5-16H,4,17H2,1-3H3,(H,29,32)(H,30,33)(H,31,34)/b28-16-. The number of aryl methyl sites for hydroxylation is 3. The maximum Gasteiger partial charge on any atom is 0.329 e. The molecule has 0 aliphatic carbocycles. The lowest BCUT2D eigenvalue weighted by molar-refractivity contribution is -0.136. The van der Waals surface area contributed by atoms with E-state index in [0.717, 1.165) is 17.5 Å². The number of nitrogens with one attached hydrogen (secondary N) is 3. The number of hydrazone groups is 1. The molecule has 0 saturated heterocycles. The molecular formula is C27H28N4O4. The maximum atomic E-state index is 12.2. The predicted molar refractivity (Wildman–Crippen MR) is 137 cm³/mol. The SMILES string of the molecule is CCc1ccc(NC(=O)COc2cccc(/C=N\NC(=O)C(=O)Nc3c(C)cccc3C)c2)cc1. The van der Waals surface area contributed by atoms with Crippen molar-refractivity contribution in [1.29, 1.82) is 0 Å². The third-order valence-electron chi connectivity index (χ3n) is 5.18. The Hall–Kier alpha value is -4.46. The zero-order chi connectivity index (χ0) is 25.2. The highest BCUT2D eigenvalue weighted by atomic mass is 16.5. The second kappa shape index (κ2) is 12.1. The minimum atomic E-state index is -0.889. The largest absolute Gasteiger partial charge is 0.484 e. The molecule has 3 amide bonds. The van der Waals surface area contributed by atoms with Crippen molar-refractivity contribution in [3.63, 3.8) is 0 Å². The van der Waals surface area contributed by atoms with Crippen molar-refractivity contribution in [1.82, 2.24) is 5.43 Å². The van der Waals surface area contributed by atoms with E-state index < -0.39 is 11.8 Å². The van der Waals surface area contributed by atoms with E-state index >= 15 is 0 Å². The Kier molecular flexibility index (Phi) is 8.72. The molecule has 0 fully saturated rings. The van der Waals surface area contributed by atoms with Gasteiger partial charge in [-0.05, 0) is 66.8 Å². The number of para-hydroxylation sites is 1. The summed E-state index contributed by atoms with van der Waals surface area (Å²) < 4.78 is 5.55. The molecule has 8 nitrogen and oxygen atoms in total. The van der Waals surface area contributed by atoms with E-state index in [0.29, 0.717) is 22.7 Å². The van der Waals surface area contributed by atoms with Gasteiger partial charge in [-0.3, -0.25) is 14.4 Å². The molecule has 3 rings (SSSR count). The molecular weight excluding hydrogens is 444 g/mol. The third-order valence-corrected chi connectivity index (χ3v) is 5.18. The summed E-state index contributed by atoms with van der Waals surface area (Å²) in [6.07, 6.45) is 2.31. The third kappa shape index (κ3) is 7.53. The smallest absolute Gasteiger partial charge is 0.329 e. The summed E-state index contributed by atoms with van der Waals surface area (Å²) in [6.45, 7) is 5.60. The minimum Gasteiger partial charge on any atom is -0.484 e. The fourth-order valence-corrected chi connectivity index (χ4v) is 3.25. The second-order valence-electron chi connectivity index (χ2n) is 7.88. The molecule has 3 aromatic carbocycles. The Balaban J connectivity index is 1.49. The quantitative estimate of drug-likeness (QED) is 0.262. The summed E-state index contributed by atoms with van der Waals surface area (Å²) in [6, 6.07) is 20.0. The molecule has 180 valence electrons. The monoisotopic (exact) mass is 472 g/mol. The van der Waals surface area contributed by atoms with E-state index in [1.807, 2.05) is 56.3 Å². The highest BCUT2D eigenvalue weighted by Crippen LogP contribution is 2.19. The van der Waals surface area contributed by atoms with Crippen LogP contribution in [0.5, 0.6) is 5.75 Å². The molecule has 0 atom stereocenters. The molecule has 0 bridgehead atoms. The van der Waals surface area contributed by atoms with E-state index in [4.69, 9.17) is 4.74 Å². The Morgan fingerprint density at radius 2 is 1.57 bits per heavy atom. The number of anilines is 2. The van der Waals surface area contributed by atoms with E-state index in [-0.39, 0.29) is 12.5 Å². The lowest BCUT2D eigenvalue weighted by Crippen LogP contribution is -2.32. The number of amides is 3. The average Bonchev–Trinajstić information content (AvgIpc) is 2.85. The van der Waals surface area contributed by atoms with Crippen LogP contribution in [0.4, 0.5) is 11.4 Å². The summed E-state index contributed by atoms with van der Waals surface area (Å²) in [5.74, 6) is -1.52. The lowest BCUT2D eigenvalue weighted by atomic mass is 10.1. The van der Waals surface area contributed by atoms with Crippen molar-refractivity contribution in [3.05, 3.63) is 89.0 Å². The number of ether oxygens (including phenoxy) is 1. The van der Waals surface area contributed by atoms with Crippen molar-refractivity contribution in [2.75, 3.05) is 17.2 Å². The van der Waals surface area contributed by atoms with Crippen molar-refractivity contribution in [2.24, 2.45) is 5.10 Å². The van der Waals surface area contributed by atoms with Crippen LogP contribution < -0.4 is 20.8 Å². The summed E-state index contributed by atoms with van der Waals surface area (Å²) in [5, 5.41) is 9.22. The van der Waals surface area contributed by atoms with Gasteiger partial charge < -0.3 is 15.4 Å². The normalized spacial score (nSPS) is 10.6. The van der Waals surface area contributed by atoms with Crippen LogP contribution in [0.3, 0.4) is 0 Å². The predicted octanol–water partition coefficient (Wildman–Crippen LogP) is 3.97. The van der Waals surface area contributed by atoms with Crippen LogP contribution in [0.15, 0.2) is 71.8 Å². The minimum absolute atomic E-state index is 0.161. The molecule has 8 heteroatoms. The molecule has 0 radical (unpaired) electrons. The van der Waals surface area contributed by atoms with Gasteiger partial charge in [-0.15, -0.1) is 0 Å². The first-order chi connectivity index (χ1) is 16.9. The van der Waals surface area contributed by atoms with Gasteiger partial charge in [-0.2, -0.15) is 5.10 Å². The van der Waals surface area contributed by atoms with Crippen molar-refractivity contribution in [3.8, 4) is 5.75 Å². The second-order valence-corrected chi connectivity index (χ2v) is 7.88. The average molecular weight is 473 g/mol. The van der Waals surface area contributed by atoms with Gasteiger partial charge in [0, 0.05) is 11.4 Å². The van der Waals surface area contributed by atoms with E-state index in [1.54, 1.807) is 24.3 Å². The fraction of sp³-hybridized carbons (Fsp3) is 0.185. The molecule has 0 heterocycles. The number of hydrogen-bond donors (Lipinski definition) is 3. The van der Waals surface area contributed by atoms with Crippen LogP contribution in [-0.4, -0.2) is 30.5 Å². The van der Waals surface area contributed by atoms with Crippen molar-refractivity contribution < 1.29 is 19.1 Å². The Labute approximate surface area is 204 Å². The summed E-state index contributed by atoms with van der Waals surface area (Å²) in [5.41, 5.74) is 7.03. The Morgan fingerprint density at radius 1 is 0.886 bits per heavy atom. The fourth-order valence-electron chi connectivity index (χ4n) is 3.25. The highest BCUT2D eigenvalue weighted by Gasteiger charge is 2.15. The molecule has 0 aliphatic heterocycles. The van der Waals surface area contributed by atoms with Gasteiger partial charge in [0.1, 0.15) is 5.75 Å². The molecule has 35 heavy (non-hydrogen) atoms. The van der Waals surface area contributed by atoms with E-state index in [2.05, 4.69) is 28.1 Å². The molecule has 0 aromatic heterocycles. The molecule has 3 N–H and O–H groups in total. The summed E-state index contributed by atoms with van der Waals surface area (Å²) >= 11 is 0. The van der Waals surface area contributed by atoms with Crippen LogP contribution in [0.2, 0.25) is 0 Å². The highest BCUT2D eigenvalue weighted by molar-refractivity contribution is 6.39. The van der Waals surface area contributed by atoms with E-state index in [1.165, 1.54) is 11.8 Å². The van der Waals surface area contributed by atoms with Gasteiger partial charge in [0.25, 0.3) is 5.91 Å². The number of hydrogen-bond acceptors (Lipinski definition) is 5. The van der Waals surface area contributed by atoms with Crippen LogP contribution in [0.25, 0.3) is 0 Å². The van der Waals surface area contributed by atoms with Crippen LogP contribution in [0.1, 0.15) is 29.2 Å². The van der Waals surface area contributed by atoms with Crippen molar-refractivity contribution in [2.45, 2.75) is 27.2 Å². The molecule has 0 saturated carbocycles. The van der Waals surface area contributed by atoms with Crippen molar-refractivity contribution >= 4 is 35.3 Å². The van der Waals surface area contributed by atoms with Gasteiger partial charge in [-0.25, -0.2) is 5.43 Å². The first kappa shape index (κ1) is 25.2. The molecule has 0 unspecified atom stereocenters. The first-order valence-corrected chi connectivity index (χ1v) is 11.2. The number of carbonyl (C=O) groups is 3. The maximum absolute atomic E-state index is 12.2. The molecule has 0 aliphatic rings. The Morgan fingerprint density at radius 3 is 2.26 bits per heavy atom. The first-order valence-electron chi connectivity index (χ1n) is 11.2. The molecule has 0 spiro atoms. The summed E-state index contributed by atoms with van der Waals surface area (Å²) in [4.78, 5) is 36.4.